The molecule has 4 heterocycles. The molecular formula is C23H27BrN6O3. The Kier molecular flexibility index (Phi) is 6.55. The van der Waals surface area contributed by atoms with Crippen molar-refractivity contribution in [3.8, 4) is 0 Å². The van der Waals surface area contributed by atoms with Gasteiger partial charge in [0.25, 0.3) is 5.91 Å². The van der Waals surface area contributed by atoms with E-state index in [1.54, 1.807) is 30.7 Å². The summed E-state index contributed by atoms with van der Waals surface area (Å²) in [6.45, 7) is 6.96. The van der Waals surface area contributed by atoms with E-state index >= 15 is 0 Å². The second-order valence-electron chi connectivity index (χ2n) is 9.01. The predicted molar refractivity (Wildman–Crippen MR) is 131 cm³/mol. The Morgan fingerprint density at radius 1 is 1.30 bits per heavy atom. The van der Waals surface area contributed by atoms with Crippen molar-refractivity contribution in [1.29, 1.82) is 0 Å². The Balaban J connectivity index is 1.59. The topological polar surface area (TPSA) is 112 Å². The summed E-state index contributed by atoms with van der Waals surface area (Å²) in [4.78, 5) is 38.9. The summed E-state index contributed by atoms with van der Waals surface area (Å²) in [7, 11) is 0. The number of rotatable bonds is 4. The molecule has 0 saturated carbocycles. The fraction of sp³-hybridized carbons (Fsp3) is 0.391. The number of piperidine rings is 1. The minimum absolute atomic E-state index is 0.0592. The van der Waals surface area contributed by atoms with E-state index in [1.807, 2.05) is 20.8 Å². The lowest BCUT2D eigenvalue weighted by Gasteiger charge is -2.36. The van der Waals surface area contributed by atoms with Crippen LogP contribution in [0.25, 0.3) is 11.0 Å². The van der Waals surface area contributed by atoms with E-state index < -0.39 is 11.7 Å². The lowest BCUT2D eigenvalue weighted by atomic mass is 10.0. The number of halogens is 1. The van der Waals surface area contributed by atoms with Crippen LogP contribution in [0.1, 0.15) is 44.0 Å². The first-order valence-electron chi connectivity index (χ1n) is 10.8. The Hall–Kier alpha value is -3.14. The third kappa shape index (κ3) is 5.44. The summed E-state index contributed by atoms with van der Waals surface area (Å²) in [5.74, 6) is -0.252. The maximum absolute atomic E-state index is 12.7. The van der Waals surface area contributed by atoms with Crippen molar-refractivity contribution in [2.45, 2.75) is 45.3 Å². The van der Waals surface area contributed by atoms with Crippen LogP contribution in [0.15, 0.2) is 41.4 Å². The molecule has 174 valence electrons. The Morgan fingerprint density at radius 2 is 2.12 bits per heavy atom. The summed E-state index contributed by atoms with van der Waals surface area (Å²) < 4.78 is 6.23. The number of carbonyl (C=O) groups is 2. The summed E-state index contributed by atoms with van der Waals surface area (Å²) in [6, 6.07) is 3.37. The van der Waals surface area contributed by atoms with Crippen LogP contribution in [0.2, 0.25) is 0 Å². The quantitative estimate of drug-likeness (QED) is 0.473. The van der Waals surface area contributed by atoms with Crippen LogP contribution in [0.5, 0.6) is 0 Å². The lowest BCUT2D eigenvalue weighted by Crippen LogP contribution is -2.49. The number of amides is 2. The van der Waals surface area contributed by atoms with E-state index in [0.717, 1.165) is 34.9 Å². The largest absolute Gasteiger partial charge is 0.444 e. The van der Waals surface area contributed by atoms with Crippen molar-refractivity contribution in [2.24, 2.45) is 0 Å². The van der Waals surface area contributed by atoms with E-state index in [-0.39, 0.29) is 11.9 Å². The van der Waals surface area contributed by atoms with Crippen molar-refractivity contribution in [1.82, 2.24) is 20.3 Å². The number of aromatic nitrogens is 3. The van der Waals surface area contributed by atoms with E-state index in [9.17, 15) is 9.59 Å². The molecule has 10 heteroatoms. The van der Waals surface area contributed by atoms with Gasteiger partial charge in [0.2, 0.25) is 0 Å². The van der Waals surface area contributed by atoms with Crippen LogP contribution in [0.3, 0.4) is 0 Å². The first-order chi connectivity index (χ1) is 15.7. The van der Waals surface area contributed by atoms with Crippen molar-refractivity contribution < 1.29 is 14.3 Å². The van der Waals surface area contributed by atoms with Crippen LogP contribution in [-0.4, -0.2) is 51.7 Å². The second-order valence-corrected chi connectivity index (χ2v) is 9.86. The van der Waals surface area contributed by atoms with Crippen molar-refractivity contribution in [2.75, 3.05) is 23.3 Å². The number of H-pyrrole nitrogens is 1. The van der Waals surface area contributed by atoms with Gasteiger partial charge in [-0.05, 0) is 61.7 Å². The molecule has 0 aromatic carbocycles. The Labute approximate surface area is 200 Å². The molecule has 2 amide bonds. The maximum atomic E-state index is 12.7. The Morgan fingerprint density at radius 3 is 2.85 bits per heavy atom. The maximum Gasteiger partial charge on any atom is 0.407 e. The van der Waals surface area contributed by atoms with E-state index in [2.05, 4.69) is 46.4 Å². The molecule has 33 heavy (non-hydrogen) atoms. The molecule has 1 aliphatic rings. The average Bonchev–Trinajstić information content (AvgIpc) is 3.15. The monoisotopic (exact) mass is 514 g/mol. The number of hydrogen-bond donors (Lipinski definition) is 3. The van der Waals surface area contributed by atoms with Crippen LogP contribution in [-0.2, 0) is 4.74 Å². The van der Waals surface area contributed by atoms with E-state index in [0.29, 0.717) is 23.4 Å². The van der Waals surface area contributed by atoms with Gasteiger partial charge in [-0.25, -0.2) is 9.78 Å². The molecular weight excluding hydrogens is 488 g/mol. The van der Waals surface area contributed by atoms with Gasteiger partial charge in [0.05, 0.1) is 26.8 Å². The van der Waals surface area contributed by atoms with Crippen molar-refractivity contribution >= 4 is 50.3 Å². The number of carbonyl (C=O) groups excluding carboxylic acids is 2. The SMILES string of the molecule is CC(C)(C)OC(=O)N[C@H]1CCCN(c2c(Br)cnc3[nH]cc(NC(=O)c4cccnc4)c23)C1. The molecule has 1 saturated heterocycles. The highest BCUT2D eigenvalue weighted by Gasteiger charge is 2.27. The zero-order valence-corrected chi connectivity index (χ0v) is 20.4. The summed E-state index contributed by atoms with van der Waals surface area (Å²) in [5, 5.41) is 6.76. The van der Waals surface area contributed by atoms with Gasteiger partial charge in [0.15, 0.2) is 0 Å². The summed E-state index contributed by atoms with van der Waals surface area (Å²) in [5.41, 5.74) is 2.13. The van der Waals surface area contributed by atoms with Gasteiger partial charge in [-0.3, -0.25) is 9.78 Å². The van der Waals surface area contributed by atoms with Gasteiger partial charge in [0.1, 0.15) is 11.2 Å². The van der Waals surface area contributed by atoms with Crippen LogP contribution in [0, 0.1) is 0 Å². The lowest BCUT2D eigenvalue weighted by molar-refractivity contribution is 0.0500. The van der Waals surface area contributed by atoms with Gasteiger partial charge in [0, 0.05) is 43.9 Å². The smallest absolute Gasteiger partial charge is 0.407 e. The van der Waals surface area contributed by atoms with Crippen molar-refractivity contribution in [3.63, 3.8) is 0 Å². The van der Waals surface area contributed by atoms with E-state index in [4.69, 9.17) is 4.74 Å². The van der Waals surface area contributed by atoms with Crippen LogP contribution in [0.4, 0.5) is 16.2 Å². The number of ether oxygens (including phenoxy) is 1. The molecule has 0 spiro atoms. The number of pyridine rings is 2. The predicted octanol–water partition coefficient (Wildman–Crippen LogP) is 4.47. The zero-order chi connectivity index (χ0) is 23.6. The third-order valence-corrected chi connectivity index (χ3v) is 5.84. The van der Waals surface area contributed by atoms with Gasteiger partial charge in [-0.2, -0.15) is 0 Å². The molecule has 3 N–H and O–H groups in total. The molecule has 0 unspecified atom stereocenters. The molecule has 0 radical (unpaired) electrons. The highest BCUT2D eigenvalue weighted by Crippen LogP contribution is 2.39. The number of nitrogens with zero attached hydrogens (tertiary/aromatic N) is 3. The third-order valence-electron chi connectivity index (χ3n) is 5.26. The van der Waals surface area contributed by atoms with Gasteiger partial charge < -0.3 is 25.3 Å². The number of aromatic amines is 1. The number of hydrogen-bond acceptors (Lipinski definition) is 6. The minimum Gasteiger partial charge on any atom is -0.444 e. The van der Waals surface area contributed by atoms with Gasteiger partial charge in [-0.15, -0.1) is 0 Å². The molecule has 0 aliphatic carbocycles. The molecule has 3 aromatic heterocycles. The number of fused-ring (bicyclic) bond motifs is 1. The Bertz CT molecular complexity index is 1160. The zero-order valence-electron chi connectivity index (χ0n) is 18.8. The van der Waals surface area contributed by atoms with E-state index in [1.165, 1.54) is 6.20 Å². The van der Waals surface area contributed by atoms with Gasteiger partial charge in [-0.1, -0.05) is 0 Å². The molecule has 1 atom stereocenters. The first-order valence-corrected chi connectivity index (χ1v) is 11.6. The highest BCUT2D eigenvalue weighted by atomic mass is 79.9. The molecule has 4 rings (SSSR count). The van der Waals surface area contributed by atoms with Crippen molar-refractivity contribution in [3.05, 3.63) is 47.0 Å². The average molecular weight is 515 g/mol. The number of alkyl carbamates (subject to hydrolysis) is 1. The van der Waals surface area contributed by atoms with Crippen LogP contribution >= 0.6 is 15.9 Å². The molecule has 0 bridgehead atoms. The fourth-order valence-corrected chi connectivity index (χ4v) is 4.48. The highest BCUT2D eigenvalue weighted by molar-refractivity contribution is 9.10. The first kappa shape index (κ1) is 23.0. The summed E-state index contributed by atoms with van der Waals surface area (Å²) >= 11 is 3.64. The molecule has 1 aliphatic heterocycles. The number of anilines is 2. The summed E-state index contributed by atoms with van der Waals surface area (Å²) in [6.07, 6.45) is 7.97. The second kappa shape index (κ2) is 9.38. The minimum atomic E-state index is -0.550. The fourth-order valence-electron chi connectivity index (χ4n) is 3.93. The van der Waals surface area contributed by atoms with Crippen LogP contribution < -0.4 is 15.5 Å². The standard InChI is InChI=1S/C23H27BrN6O3/c1-23(2,3)33-22(32)28-15-7-5-9-30(13-15)19-16(24)11-26-20-18(19)17(12-27-20)29-21(31)14-6-4-8-25-10-14/h4,6,8,10-12,15H,5,7,9,13H2,1-3H3,(H,26,27)(H,28,32)(H,29,31)/t15-/m0/s1. The molecule has 1 fully saturated rings. The molecule has 3 aromatic rings. The van der Waals surface area contributed by atoms with Gasteiger partial charge >= 0.3 is 6.09 Å². The number of nitrogens with one attached hydrogen (secondary N) is 3. The normalized spacial score (nSPS) is 16.5. The molecule has 9 nitrogen and oxygen atoms in total.